The van der Waals surface area contributed by atoms with Crippen LogP contribution in [0.2, 0.25) is 0 Å². The second kappa shape index (κ2) is 6.44. The van der Waals surface area contributed by atoms with Gasteiger partial charge >= 0.3 is 0 Å². The largest absolute Gasteiger partial charge is 0.379 e. The summed E-state index contributed by atoms with van der Waals surface area (Å²) in [6, 6.07) is 8.39. The van der Waals surface area contributed by atoms with E-state index in [2.05, 4.69) is 52.4 Å². The van der Waals surface area contributed by atoms with Gasteiger partial charge in [0, 0.05) is 31.3 Å². The number of hydrogen-bond donors (Lipinski definition) is 1. The molecule has 6 heteroatoms. The number of methoxy groups -OCH3 is 1. The highest BCUT2D eigenvalue weighted by atomic mass is 16.5. The number of anilines is 1. The predicted octanol–water partition coefficient (Wildman–Crippen LogP) is 2.84. The zero-order chi connectivity index (χ0) is 17.4. The zero-order valence-corrected chi connectivity index (χ0v) is 14.9. The molecule has 1 saturated heterocycles. The molecule has 3 aromatic rings. The molecule has 1 fully saturated rings. The van der Waals surface area contributed by atoms with Crippen LogP contribution in [0, 0.1) is 6.92 Å². The highest BCUT2D eigenvalue weighted by Gasteiger charge is 2.37. The molecule has 0 amide bonds. The Morgan fingerprint density at radius 3 is 2.84 bits per heavy atom. The standard InChI is InChI=1S/C19H23N5O/c1-4-13-12(2)21-16-8-6-5-7-14(16)19(13)24-10-15(18(11-24)25-3)17-9-20-23-22-17/h5-9,15,18H,4,10-11H2,1-3H3,(H,20,22,23)/t15-,18+/m0/s1. The number of benzene rings is 1. The molecule has 0 saturated carbocycles. The van der Waals surface area contributed by atoms with Crippen LogP contribution in [0.15, 0.2) is 30.5 Å². The molecule has 1 N–H and O–H groups in total. The van der Waals surface area contributed by atoms with Crippen molar-refractivity contribution in [2.45, 2.75) is 32.3 Å². The average Bonchev–Trinajstić information content (AvgIpc) is 3.29. The molecule has 0 bridgehead atoms. The quantitative estimate of drug-likeness (QED) is 0.793. The Morgan fingerprint density at radius 1 is 1.28 bits per heavy atom. The number of aromatic amines is 1. The Morgan fingerprint density at radius 2 is 2.12 bits per heavy atom. The molecule has 0 radical (unpaired) electrons. The average molecular weight is 337 g/mol. The molecule has 0 unspecified atom stereocenters. The molecule has 0 aliphatic carbocycles. The molecule has 6 nitrogen and oxygen atoms in total. The first-order chi connectivity index (χ1) is 12.2. The summed E-state index contributed by atoms with van der Waals surface area (Å²) in [5.41, 5.74) is 5.72. The number of fused-ring (bicyclic) bond motifs is 1. The van der Waals surface area contributed by atoms with Gasteiger partial charge in [0.15, 0.2) is 0 Å². The van der Waals surface area contributed by atoms with Crippen molar-refractivity contribution in [2.24, 2.45) is 0 Å². The Hall–Kier alpha value is -2.47. The number of para-hydroxylation sites is 1. The second-order valence-electron chi connectivity index (χ2n) is 6.58. The fraction of sp³-hybridized carbons (Fsp3) is 0.421. The van der Waals surface area contributed by atoms with E-state index in [-0.39, 0.29) is 12.0 Å². The molecular weight excluding hydrogens is 314 g/mol. The summed E-state index contributed by atoms with van der Waals surface area (Å²) in [4.78, 5) is 7.24. The highest BCUT2D eigenvalue weighted by molar-refractivity contribution is 5.94. The zero-order valence-electron chi connectivity index (χ0n) is 14.9. The van der Waals surface area contributed by atoms with Crippen LogP contribution in [0.1, 0.15) is 29.8 Å². The van der Waals surface area contributed by atoms with Crippen molar-refractivity contribution >= 4 is 16.6 Å². The molecule has 1 aliphatic rings. The molecule has 0 spiro atoms. The fourth-order valence-electron chi connectivity index (χ4n) is 4.01. The van der Waals surface area contributed by atoms with Crippen molar-refractivity contribution < 1.29 is 4.74 Å². The van der Waals surface area contributed by atoms with E-state index in [9.17, 15) is 0 Å². The molecule has 1 aromatic carbocycles. The normalized spacial score (nSPS) is 20.5. The molecule has 1 aliphatic heterocycles. The predicted molar refractivity (Wildman–Crippen MR) is 98.0 cm³/mol. The lowest BCUT2D eigenvalue weighted by molar-refractivity contribution is 0.106. The van der Waals surface area contributed by atoms with Crippen molar-refractivity contribution in [3.63, 3.8) is 0 Å². The summed E-state index contributed by atoms with van der Waals surface area (Å²) < 4.78 is 5.78. The summed E-state index contributed by atoms with van der Waals surface area (Å²) >= 11 is 0. The SMILES string of the molecule is CCc1c(C)nc2ccccc2c1N1C[C@@H](OC)[C@H](c2cn[nH]n2)C1. The third kappa shape index (κ3) is 2.66. The summed E-state index contributed by atoms with van der Waals surface area (Å²) in [5.74, 6) is 0.209. The lowest BCUT2D eigenvalue weighted by Gasteiger charge is -2.24. The number of nitrogens with zero attached hydrogens (tertiary/aromatic N) is 4. The number of pyridine rings is 1. The number of H-pyrrole nitrogens is 1. The van der Waals surface area contributed by atoms with E-state index >= 15 is 0 Å². The first-order valence-corrected chi connectivity index (χ1v) is 8.74. The van der Waals surface area contributed by atoms with E-state index in [0.717, 1.165) is 36.4 Å². The van der Waals surface area contributed by atoms with Crippen molar-refractivity contribution in [1.82, 2.24) is 20.4 Å². The van der Waals surface area contributed by atoms with Crippen LogP contribution in [0.25, 0.3) is 10.9 Å². The summed E-state index contributed by atoms with van der Waals surface area (Å²) in [6.45, 7) is 6.01. The lowest BCUT2D eigenvalue weighted by Crippen LogP contribution is -2.24. The fourth-order valence-corrected chi connectivity index (χ4v) is 4.01. The number of nitrogens with one attached hydrogen (secondary N) is 1. The van der Waals surface area contributed by atoms with Gasteiger partial charge in [-0.15, -0.1) is 0 Å². The van der Waals surface area contributed by atoms with E-state index in [1.807, 2.05) is 6.07 Å². The van der Waals surface area contributed by atoms with E-state index in [4.69, 9.17) is 9.72 Å². The van der Waals surface area contributed by atoms with E-state index in [1.54, 1.807) is 13.3 Å². The topological polar surface area (TPSA) is 66.9 Å². The van der Waals surface area contributed by atoms with Crippen LogP contribution in [0.4, 0.5) is 5.69 Å². The van der Waals surface area contributed by atoms with Crippen molar-refractivity contribution in [2.75, 3.05) is 25.1 Å². The van der Waals surface area contributed by atoms with Crippen LogP contribution in [0.3, 0.4) is 0 Å². The van der Waals surface area contributed by atoms with Crippen LogP contribution < -0.4 is 4.90 Å². The van der Waals surface area contributed by atoms with Crippen molar-refractivity contribution in [1.29, 1.82) is 0 Å². The number of rotatable bonds is 4. The number of aryl methyl sites for hydroxylation is 1. The Kier molecular flexibility index (Phi) is 4.13. The summed E-state index contributed by atoms with van der Waals surface area (Å²) in [5, 5.41) is 12.2. The monoisotopic (exact) mass is 337 g/mol. The van der Waals surface area contributed by atoms with E-state index in [0.29, 0.717) is 0 Å². The van der Waals surface area contributed by atoms with Gasteiger partial charge in [-0.25, -0.2) is 0 Å². The number of hydrogen-bond acceptors (Lipinski definition) is 5. The van der Waals surface area contributed by atoms with Gasteiger partial charge in [0.2, 0.25) is 0 Å². The lowest BCUT2D eigenvalue weighted by atomic mass is 10.0. The Bertz CT molecular complexity index is 877. The minimum Gasteiger partial charge on any atom is -0.379 e. The molecule has 130 valence electrons. The van der Waals surface area contributed by atoms with Gasteiger partial charge in [-0.2, -0.15) is 15.4 Å². The molecule has 2 atom stereocenters. The summed E-state index contributed by atoms with van der Waals surface area (Å²) in [6.07, 6.45) is 2.86. The third-order valence-electron chi connectivity index (χ3n) is 5.22. The smallest absolute Gasteiger partial charge is 0.0899 e. The minimum absolute atomic E-state index is 0.0991. The maximum absolute atomic E-state index is 5.78. The molecule has 2 aromatic heterocycles. The van der Waals surface area contributed by atoms with Gasteiger partial charge in [-0.3, -0.25) is 4.98 Å². The number of aromatic nitrogens is 4. The van der Waals surface area contributed by atoms with Gasteiger partial charge in [0.25, 0.3) is 0 Å². The van der Waals surface area contributed by atoms with Gasteiger partial charge in [0.05, 0.1) is 35.1 Å². The molecular formula is C19H23N5O. The molecule has 3 heterocycles. The maximum atomic E-state index is 5.78. The maximum Gasteiger partial charge on any atom is 0.0899 e. The van der Waals surface area contributed by atoms with Gasteiger partial charge in [-0.05, 0) is 25.0 Å². The number of ether oxygens (including phenoxy) is 1. The van der Waals surface area contributed by atoms with Crippen molar-refractivity contribution in [3.8, 4) is 0 Å². The molecule has 25 heavy (non-hydrogen) atoms. The highest BCUT2D eigenvalue weighted by Crippen LogP contribution is 2.38. The van der Waals surface area contributed by atoms with Crippen LogP contribution >= 0.6 is 0 Å². The minimum atomic E-state index is 0.0991. The van der Waals surface area contributed by atoms with E-state index in [1.165, 1.54) is 16.6 Å². The van der Waals surface area contributed by atoms with Gasteiger partial charge in [0.1, 0.15) is 0 Å². The Labute approximate surface area is 147 Å². The van der Waals surface area contributed by atoms with Gasteiger partial charge in [-0.1, -0.05) is 25.1 Å². The molecule has 4 rings (SSSR count). The van der Waals surface area contributed by atoms with Crippen molar-refractivity contribution in [3.05, 3.63) is 47.4 Å². The first-order valence-electron chi connectivity index (χ1n) is 8.74. The Balaban J connectivity index is 1.82. The van der Waals surface area contributed by atoms with Gasteiger partial charge < -0.3 is 9.64 Å². The first kappa shape index (κ1) is 16.0. The third-order valence-corrected chi connectivity index (χ3v) is 5.22. The van der Waals surface area contributed by atoms with Crippen LogP contribution in [0.5, 0.6) is 0 Å². The van der Waals surface area contributed by atoms with E-state index < -0.39 is 0 Å². The van der Waals surface area contributed by atoms with Crippen LogP contribution in [-0.2, 0) is 11.2 Å². The summed E-state index contributed by atoms with van der Waals surface area (Å²) in [7, 11) is 1.78. The second-order valence-corrected chi connectivity index (χ2v) is 6.58. The van der Waals surface area contributed by atoms with Crippen LogP contribution in [-0.4, -0.2) is 46.7 Å².